The van der Waals surface area contributed by atoms with Crippen LogP contribution in [0.15, 0.2) is 0 Å². The van der Waals surface area contributed by atoms with E-state index in [1.54, 1.807) is 4.72 Å². The highest BCUT2D eigenvalue weighted by atomic mass is 32.2. The summed E-state index contributed by atoms with van der Waals surface area (Å²) in [6.07, 6.45) is 0.462. The molecule has 1 atom stereocenters. The number of aliphatic carboxylic acids is 1. The Hall–Kier alpha value is -1.20. The zero-order chi connectivity index (χ0) is 15.3. The van der Waals surface area contributed by atoms with Gasteiger partial charge < -0.3 is 9.84 Å². The molecule has 0 aliphatic carbocycles. The summed E-state index contributed by atoms with van der Waals surface area (Å²) in [6, 6.07) is -1.62. The number of sulfone groups is 1. The Balaban J connectivity index is 4.76. The number of carboxylic acids is 1. The van der Waals surface area contributed by atoms with Crippen molar-refractivity contribution in [2.45, 2.75) is 12.5 Å². The van der Waals surface area contributed by atoms with E-state index in [-0.39, 0.29) is 0 Å². The molecule has 0 amide bonds. The number of rotatable bonds is 8. The second kappa shape index (κ2) is 6.82. The standard InChI is InChI=1S/C8H15NO8S2/c1-17-7(10)5-19(15,16)9-6(8(11)12)3-4-18(2,13)14/h6,9H,3-5H2,1-2H3,(H,11,12). The molecule has 112 valence electrons. The van der Waals surface area contributed by atoms with Crippen LogP contribution in [0.25, 0.3) is 0 Å². The van der Waals surface area contributed by atoms with Crippen molar-refractivity contribution >= 4 is 31.8 Å². The number of carboxylic acid groups (broad SMARTS) is 1. The summed E-state index contributed by atoms with van der Waals surface area (Å²) in [5.41, 5.74) is 0. The number of methoxy groups -OCH3 is 1. The molecule has 0 saturated carbocycles. The lowest BCUT2D eigenvalue weighted by molar-refractivity contribution is -0.139. The van der Waals surface area contributed by atoms with Gasteiger partial charge in [-0.1, -0.05) is 0 Å². The number of nitrogens with one attached hydrogen (secondary N) is 1. The Labute approximate surface area is 110 Å². The lowest BCUT2D eigenvalue weighted by Crippen LogP contribution is -2.44. The summed E-state index contributed by atoms with van der Waals surface area (Å²) in [7, 11) is -6.65. The maximum absolute atomic E-state index is 11.4. The molecule has 19 heavy (non-hydrogen) atoms. The minimum atomic E-state index is -4.21. The zero-order valence-electron chi connectivity index (χ0n) is 10.3. The molecule has 0 fully saturated rings. The second-order valence-electron chi connectivity index (χ2n) is 3.76. The van der Waals surface area contributed by atoms with Gasteiger partial charge in [-0.15, -0.1) is 0 Å². The van der Waals surface area contributed by atoms with Gasteiger partial charge >= 0.3 is 11.9 Å². The molecule has 11 heteroatoms. The zero-order valence-corrected chi connectivity index (χ0v) is 12.0. The number of esters is 1. The highest BCUT2D eigenvalue weighted by molar-refractivity contribution is 7.90. The third kappa shape index (κ3) is 8.51. The summed E-state index contributed by atoms with van der Waals surface area (Å²) in [5, 5.41) is 8.79. The number of ether oxygens (including phenoxy) is 1. The van der Waals surface area contributed by atoms with Crippen molar-refractivity contribution in [1.82, 2.24) is 4.72 Å². The number of sulfonamides is 1. The molecule has 9 nitrogen and oxygen atoms in total. The van der Waals surface area contributed by atoms with Gasteiger partial charge in [0.25, 0.3) is 0 Å². The Bertz CT molecular complexity index is 535. The van der Waals surface area contributed by atoms with Gasteiger partial charge in [0.15, 0.2) is 5.75 Å². The largest absolute Gasteiger partial charge is 0.480 e. The summed E-state index contributed by atoms with van der Waals surface area (Å²) in [5.74, 6) is -4.12. The highest BCUT2D eigenvalue weighted by Crippen LogP contribution is 2.00. The van der Waals surface area contributed by atoms with Gasteiger partial charge in [0.05, 0.1) is 12.9 Å². The quantitative estimate of drug-likeness (QED) is 0.487. The van der Waals surface area contributed by atoms with Gasteiger partial charge in [-0.2, -0.15) is 0 Å². The van der Waals surface area contributed by atoms with Crippen LogP contribution in [-0.4, -0.2) is 64.8 Å². The van der Waals surface area contributed by atoms with Crippen LogP contribution in [0.2, 0.25) is 0 Å². The summed E-state index contributed by atoms with van der Waals surface area (Å²) >= 11 is 0. The molecule has 0 heterocycles. The minimum Gasteiger partial charge on any atom is -0.480 e. The average molecular weight is 317 g/mol. The fourth-order valence-corrected chi connectivity index (χ4v) is 2.86. The van der Waals surface area contributed by atoms with Crippen LogP contribution in [0.4, 0.5) is 0 Å². The Kier molecular flexibility index (Phi) is 6.39. The number of hydrogen-bond donors (Lipinski definition) is 2. The maximum atomic E-state index is 11.4. The van der Waals surface area contributed by atoms with Crippen molar-refractivity contribution in [3.05, 3.63) is 0 Å². The van der Waals surface area contributed by atoms with Gasteiger partial charge in [-0.05, 0) is 6.42 Å². The predicted molar refractivity (Wildman–Crippen MR) is 64.7 cm³/mol. The van der Waals surface area contributed by atoms with Crippen LogP contribution in [0, 0.1) is 0 Å². The first kappa shape index (κ1) is 17.8. The monoisotopic (exact) mass is 317 g/mol. The van der Waals surface area contributed by atoms with Crippen LogP contribution in [0.1, 0.15) is 6.42 Å². The molecular formula is C8H15NO8S2. The summed E-state index contributed by atoms with van der Waals surface area (Å²) in [6.45, 7) is 0. The van der Waals surface area contributed by atoms with Crippen molar-refractivity contribution in [3.8, 4) is 0 Å². The summed E-state index contributed by atoms with van der Waals surface area (Å²) < 4.78 is 50.5. The fraction of sp³-hybridized carbons (Fsp3) is 0.750. The van der Waals surface area contributed by atoms with E-state index in [1.807, 2.05) is 0 Å². The highest BCUT2D eigenvalue weighted by Gasteiger charge is 2.27. The smallest absolute Gasteiger partial charge is 0.322 e. The molecular weight excluding hydrogens is 302 g/mol. The molecule has 0 bridgehead atoms. The molecule has 0 saturated heterocycles. The van der Waals surface area contributed by atoms with Gasteiger partial charge in [0, 0.05) is 6.26 Å². The average Bonchev–Trinajstić information content (AvgIpc) is 2.21. The van der Waals surface area contributed by atoms with Gasteiger partial charge in [0.2, 0.25) is 10.0 Å². The first-order valence-corrected chi connectivity index (χ1v) is 8.65. The number of carbonyl (C=O) groups excluding carboxylic acids is 1. The lowest BCUT2D eigenvalue weighted by Gasteiger charge is -2.13. The summed E-state index contributed by atoms with van der Waals surface area (Å²) in [4.78, 5) is 21.6. The number of carbonyl (C=O) groups is 2. The molecule has 0 aliphatic heterocycles. The first-order chi connectivity index (χ1) is 8.47. The second-order valence-corrected chi connectivity index (χ2v) is 7.78. The molecule has 0 aromatic heterocycles. The Morgan fingerprint density at radius 1 is 1.26 bits per heavy atom. The molecule has 1 unspecified atom stereocenters. The molecule has 0 spiro atoms. The van der Waals surface area contributed by atoms with E-state index >= 15 is 0 Å². The molecule has 0 radical (unpaired) electrons. The van der Waals surface area contributed by atoms with Crippen molar-refractivity contribution in [2.24, 2.45) is 0 Å². The maximum Gasteiger partial charge on any atom is 0.322 e. The SMILES string of the molecule is COC(=O)CS(=O)(=O)NC(CCS(C)(=O)=O)C(=O)O. The fourth-order valence-electron chi connectivity index (χ4n) is 1.04. The predicted octanol–water partition coefficient (Wildman–Crippen LogP) is -2.03. The van der Waals surface area contributed by atoms with E-state index in [9.17, 15) is 26.4 Å². The third-order valence-corrected chi connectivity index (χ3v) is 4.17. The normalized spacial score (nSPS) is 13.8. The number of hydrogen-bond acceptors (Lipinski definition) is 7. The van der Waals surface area contributed by atoms with E-state index in [2.05, 4.69) is 4.74 Å². The van der Waals surface area contributed by atoms with Gasteiger partial charge in [-0.25, -0.2) is 21.6 Å². The van der Waals surface area contributed by atoms with Gasteiger partial charge in [0.1, 0.15) is 15.9 Å². The molecule has 0 aromatic carbocycles. The van der Waals surface area contributed by atoms with Crippen LogP contribution in [0.5, 0.6) is 0 Å². The van der Waals surface area contributed by atoms with Crippen molar-refractivity contribution in [1.29, 1.82) is 0 Å². The van der Waals surface area contributed by atoms with Crippen molar-refractivity contribution in [2.75, 3.05) is 24.9 Å². The van der Waals surface area contributed by atoms with E-state index < -0.39 is 55.8 Å². The van der Waals surface area contributed by atoms with Crippen LogP contribution in [0.3, 0.4) is 0 Å². The molecule has 2 N–H and O–H groups in total. The topological polar surface area (TPSA) is 144 Å². The van der Waals surface area contributed by atoms with Crippen LogP contribution < -0.4 is 4.72 Å². The van der Waals surface area contributed by atoms with Crippen LogP contribution in [-0.2, 0) is 34.2 Å². The minimum absolute atomic E-state index is 0.436. The van der Waals surface area contributed by atoms with E-state index in [0.717, 1.165) is 13.4 Å². The molecule has 0 aromatic rings. The van der Waals surface area contributed by atoms with Crippen molar-refractivity contribution < 1.29 is 36.3 Å². The van der Waals surface area contributed by atoms with E-state index in [4.69, 9.17) is 5.11 Å². The van der Waals surface area contributed by atoms with E-state index in [0.29, 0.717) is 0 Å². The molecule has 0 rings (SSSR count). The third-order valence-electron chi connectivity index (χ3n) is 1.93. The Morgan fingerprint density at radius 2 is 1.79 bits per heavy atom. The molecule has 0 aliphatic rings. The first-order valence-electron chi connectivity index (χ1n) is 4.94. The van der Waals surface area contributed by atoms with Crippen molar-refractivity contribution in [3.63, 3.8) is 0 Å². The van der Waals surface area contributed by atoms with Crippen LogP contribution >= 0.6 is 0 Å². The van der Waals surface area contributed by atoms with E-state index in [1.165, 1.54) is 0 Å². The Morgan fingerprint density at radius 3 is 2.16 bits per heavy atom. The lowest BCUT2D eigenvalue weighted by atomic mass is 10.2. The van der Waals surface area contributed by atoms with Gasteiger partial charge in [-0.3, -0.25) is 9.59 Å².